The Bertz CT molecular complexity index is 737. The lowest BCUT2D eigenvalue weighted by Gasteiger charge is -2.17. The zero-order valence-electron chi connectivity index (χ0n) is 15.2. The van der Waals surface area contributed by atoms with Crippen molar-refractivity contribution in [1.82, 2.24) is 5.32 Å². The fraction of sp³-hybridized carbons (Fsp3) is 0.400. The van der Waals surface area contributed by atoms with Crippen molar-refractivity contribution in [3.8, 4) is 11.5 Å². The molecule has 1 N–H and O–H groups in total. The van der Waals surface area contributed by atoms with Gasteiger partial charge in [-0.3, -0.25) is 0 Å². The maximum atomic E-state index is 6.46. The highest BCUT2D eigenvalue weighted by Gasteiger charge is 2.14. The average Bonchev–Trinajstić information content (AvgIpc) is 2.60. The Morgan fingerprint density at radius 2 is 1.77 bits per heavy atom. The lowest BCUT2D eigenvalue weighted by molar-refractivity contribution is 0.269. The van der Waals surface area contributed by atoms with Gasteiger partial charge in [-0.05, 0) is 50.1 Å². The van der Waals surface area contributed by atoms with Gasteiger partial charge in [-0.15, -0.1) is 0 Å². The molecule has 0 aliphatic rings. The molecule has 0 saturated heterocycles. The Balaban J connectivity index is 2.18. The summed E-state index contributed by atoms with van der Waals surface area (Å²) >= 11 is 18.6. The zero-order valence-corrected chi connectivity index (χ0v) is 17.5. The summed E-state index contributed by atoms with van der Waals surface area (Å²) in [6.45, 7) is 7.75. The van der Waals surface area contributed by atoms with Gasteiger partial charge in [0.2, 0.25) is 0 Å². The monoisotopic (exact) mass is 415 g/mol. The van der Waals surface area contributed by atoms with E-state index in [1.807, 2.05) is 25.1 Å². The van der Waals surface area contributed by atoms with Crippen LogP contribution >= 0.6 is 34.8 Å². The summed E-state index contributed by atoms with van der Waals surface area (Å²) in [6, 6.07) is 9.61. The second-order valence-electron chi connectivity index (χ2n) is 6.05. The molecule has 0 fully saturated rings. The van der Waals surface area contributed by atoms with Crippen molar-refractivity contribution in [2.45, 2.75) is 46.4 Å². The fourth-order valence-electron chi connectivity index (χ4n) is 2.35. The lowest BCUT2D eigenvalue weighted by atomic mass is 10.1. The Morgan fingerprint density at radius 3 is 2.42 bits per heavy atom. The van der Waals surface area contributed by atoms with E-state index in [0.717, 1.165) is 24.1 Å². The van der Waals surface area contributed by atoms with E-state index in [2.05, 4.69) is 19.2 Å². The van der Waals surface area contributed by atoms with Crippen LogP contribution in [-0.4, -0.2) is 12.6 Å². The number of ether oxygens (including phenoxy) is 2. The number of nitrogens with one attached hydrogen (secondary N) is 1. The van der Waals surface area contributed by atoms with Crippen LogP contribution in [0.3, 0.4) is 0 Å². The summed E-state index contributed by atoms with van der Waals surface area (Å²) in [5.41, 5.74) is 1.88. The topological polar surface area (TPSA) is 30.5 Å². The highest BCUT2D eigenvalue weighted by molar-refractivity contribution is 6.35. The molecule has 2 aromatic carbocycles. The predicted molar refractivity (Wildman–Crippen MR) is 110 cm³/mol. The van der Waals surface area contributed by atoms with Gasteiger partial charge < -0.3 is 14.8 Å². The molecule has 0 aromatic heterocycles. The lowest BCUT2D eigenvalue weighted by Crippen LogP contribution is -2.24. The molecule has 1 atom stereocenters. The van der Waals surface area contributed by atoms with Crippen molar-refractivity contribution < 1.29 is 9.47 Å². The Hall–Kier alpha value is -1.13. The molecule has 2 rings (SSSR count). The molecule has 26 heavy (non-hydrogen) atoms. The summed E-state index contributed by atoms with van der Waals surface area (Å²) in [6.07, 6.45) is 1.06. The minimum absolute atomic E-state index is 0.278. The van der Waals surface area contributed by atoms with E-state index in [1.54, 1.807) is 12.1 Å². The molecule has 2 aromatic rings. The van der Waals surface area contributed by atoms with Crippen LogP contribution in [0, 0.1) is 0 Å². The van der Waals surface area contributed by atoms with Crippen LogP contribution in [0.25, 0.3) is 0 Å². The first-order valence-electron chi connectivity index (χ1n) is 8.69. The van der Waals surface area contributed by atoms with Crippen LogP contribution in [0.4, 0.5) is 0 Å². The Labute approximate surface area is 170 Å². The minimum atomic E-state index is 0.278. The van der Waals surface area contributed by atoms with Crippen molar-refractivity contribution in [3.63, 3.8) is 0 Å². The third-order valence-corrected chi connectivity index (χ3v) is 4.89. The summed E-state index contributed by atoms with van der Waals surface area (Å²) in [5.74, 6) is 1.15. The van der Waals surface area contributed by atoms with E-state index >= 15 is 0 Å². The largest absolute Gasteiger partial charge is 0.490 e. The van der Waals surface area contributed by atoms with Crippen LogP contribution in [0.5, 0.6) is 11.5 Å². The Kier molecular flexibility index (Phi) is 8.36. The average molecular weight is 417 g/mol. The van der Waals surface area contributed by atoms with Crippen LogP contribution in [0.15, 0.2) is 30.3 Å². The van der Waals surface area contributed by atoms with Gasteiger partial charge >= 0.3 is 0 Å². The molecule has 0 heterocycles. The second kappa shape index (κ2) is 10.3. The molecule has 3 nitrogen and oxygen atoms in total. The molecule has 142 valence electrons. The number of hydrogen-bond acceptors (Lipinski definition) is 3. The molecule has 0 spiro atoms. The van der Waals surface area contributed by atoms with Gasteiger partial charge in [0, 0.05) is 28.2 Å². The van der Waals surface area contributed by atoms with Crippen molar-refractivity contribution in [1.29, 1.82) is 0 Å². The Morgan fingerprint density at radius 1 is 1.00 bits per heavy atom. The molecule has 0 aliphatic carbocycles. The zero-order chi connectivity index (χ0) is 19.1. The number of benzene rings is 2. The quantitative estimate of drug-likeness (QED) is 0.505. The van der Waals surface area contributed by atoms with Gasteiger partial charge in [-0.2, -0.15) is 0 Å². The van der Waals surface area contributed by atoms with Crippen molar-refractivity contribution in [3.05, 3.63) is 56.5 Å². The normalized spacial score (nSPS) is 12.1. The minimum Gasteiger partial charge on any atom is -0.490 e. The first-order valence-corrected chi connectivity index (χ1v) is 9.83. The van der Waals surface area contributed by atoms with E-state index in [1.165, 1.54) is 0 Å². The van der Waals surface area contributed by atoms with E-state index in [0.29, 0.717) is 39.2 Å². The van der Waals surface area contributed by atoms with Crippen molar-refractivity contribution in [2.75, 3.05) is 6.61 Å². The van der Waals surface area contributed by atoms with E-state index in [-0.39, 0.29) is 6.61 Å². The first-order chi connectivity index (χ1) is 12.4. The summed E-state index contributed by atoms with van der Waals surface area (Å²) in [7, 11) is 0. The van der Waals surface area contributed by atoms with Crippen molar-refractivity contribution >= 4 is 34.8 Å². The summed E-state index contributed by atoms with van der Waals surface area (Å²) < 4.78 is 11.7. The fourth-order valence-corrected chi connectivity index (χ4v) is 3.10. The van der Waals surface area contributed by atoms with Crippen LogP contribution in [0.1, 0.15) is 38.3 Å². The maximum Gasteiger partial charge on any atom is 0.180 e. The molecule has 0 saturated carbocycles. The van der Waals surface area contributed by atoms with Gasteiger partial charge in [-0.25, -0.2) is 0 Å². The second-order valence-corrected chi connectivity index (χ2v) is 7.30. The molecular weight excluding hydrogens is 393 g/mol. The van der Waals surface area contributed by atoms with Crippen LogP contribution < -0.4 is 14.8 Å². The van der Waals surface area contributed by atoms with Gasteiger partial charge in [0.25, 0.3) is 0 Å². The smallest absolute Gasteiger partial charge is 0.180 e. The molecule has 0 aliphatic heterocycles. The molecule has 0 bridgehead atoms. The molecular formula is C20H24Cl3NO2. The highest BCUT2D eigenvalue weighted by atomic mass is 35.5. The van der Waals surface area contributed by atoms with Crippen LogP contribution in [-0.2, 0) is 13.2 Å². The van der Waals surface area contributed by atoms with E-state index < -0.39 is 0 Å². The molecule has 0 radical (unpaired) electrons. The van der Waals surface area contributed by atoms with Gasteiger partial charge in [-0.1, -0.05) is 47.8 Å². The third kappa shape index (κ3) is 5.95. The van der Waals surface area contributed by atoms with Gasteiger partial charge in [0.05, 0.1) is 11.6 Å². The molecule has 1 unspecified atom stereocenters. The maximum absolute atomic E-state index is 6.46. The first kappa shape index (κ1) is 21.2. The number of hydrogen-bond donors (Lipinski definition) is 1. The SMILES string of the molecule is CCOc1cc(CNC(C)CC)cc(Cl)c1OCc1ccc(Cl)cc1Cl. The predicted octanol–water partition coefficient (Wildman–Crippen LogP) is 6.51. The standard InChI is InChI=1S/C20H24Cl3NO2/c1-4-13(3)24-11-14-8-18(23)20(19(9-14)25-5-2)26-12-15-6-7-16(21)10-17(15)22/h6-10,13,24H,4-5,11-12H2,1-3H3. The van der Waals surface area contributed by atoms with Crippen LogP contribution in [0.2, 0.25) is 15.1 Å². The highest BCUT2D eigenvalue weighted by Crippen LogP contribution is 2.37. The number of halogens is 3. The van der Waals surface area contributed by atoms with E-state index in [9.17, 15) is 0 Å². The van der Waals surface area contributed by atoms with Crippen molar-refractivity contribution in [2.24, 2.45) is 0 Å². The third-order valence-electron chi connectivity index (χ3n) is 4.02. The van der Waals surface area contributed by atoms with Gasteiger partial charge in [0.15, 0.2) is 11.5 Å². The molecule has 6 heteroatoms. The number of rotatable bonds is 9. The molecule has 0 amide bonds. The summed E-state index contributed by atoms with van der Waals surface area (Å²) in [5, 5.41) is 5.11. The summed E-state index contributed by atoms with van der Waals surface area (Å²) in [4.78, 5) is 0. The van der Waals surface area contributed by atoms with Gasteiger partial charge in [0.1, 0.15) is 6.61 Å². The van der Waals surface area contributed by atoms with E-state index in [4.69, 9.17) is 44.3 Å².